The average Bonchev–Trinajstić information content (AvgIpc) is 2.99. The predicted octanol–water partition coefficient (Wildman–Crippen LogP) is 1.71. The summed E-state index contributed by atoms with van der Waals surface area (Å²) in [5, 5.41) is 10.1. The maximum Gasteiger partial charge on any atom is 0.191 e. The van der Waals surface area contributed by atoms with Gasteiger partial charge in [-0.2, -0.15) is 0 Å². The second-order valence-corrected chi connectivity index (χ2v) is 6.51. The van der Waals surface area contributed by atoms with Crippen molar-refractivity contribution in [1.82, 2.24) is 20.5 Å². The molecule has 2 heterocycles. The molecule has 0 radical (unpaired) electrons. The molecule has 1 saturated heterocycles. The lowest BCUT2D eigenvalue weighted by Gasteiger charge is -2.18. The van der Waals surface area contributed by atoms with Gasteiger partial charge in [0.05, 0.1) is 5.01 Å². The van der Waals surface area contributed by atoms with Crippen LogP contribution in [0.5, 0.6) is 0 Å². The Kier molecular flexibility index (Phi) is 6.69. The van der Waals surface area contributed by atoms with Crippen LogP contribution in [0.3, 0.4) is 0 Å². The van der Waals surface area contributed by atoms with Crippen LogP contribution in [0.4, 0.5) is 0 Å². The molecule has 2 aliphatic rings. The number of aromatic nitrogens is 1. The van der Waals surface area contributed by atoms with Crippen LogP contribution in [0.15, 0.2) is 16.6 Å². The maximum atomic E-state index is 4.31. The first-order chi connectivity index (χ1) is 9.85. The number of guanidine groups is 1. The van der Waals surface area contributed by atoms with Crippen molar-refractivity contribution >= 4 is 41.3 Å². The second-order valence-electron chi connectivity index (χ2n) is 5.53. The van der Waals surface area contributed by atoms with E-state index in [1.54, 1.807) is 11.3 Å². The topological polar surface area (TPSA) is 52.6 Å². The van der Waals surface area contributed by atoms with E-state index in [2.05, 4.69) is 25.5 Å². The lowest BCUT2D eigenvalue weighted by Crippen LogP contribution is -2.45. The third-order valence-corrected chi connectivity index (χ3v) is 4.80. The van der Waals surface area contributed by atoms with Gasteiger partial charge in [-0.25, -0.2) is 4.98 Å². The number of aliphatic imine (C=N–C) groups is 1. The summed E-state index contributed by atoms with van der Waals surface area (Å²) in [5.41, 5.74) is 0. The van der Waals surface area contributed by atoms with Crippen LogP contribution in [0.25, 0.3) is 0 Å². The molecule has 2 fully saturated rings. The SMILES string of the molecule is CN=C(NCCc1nccs1)NC1CCN(C2CC2)C1.I. The first-order valence-electron chi connectivity index (χ1n) is 7.45. The minimum Gasteiger partial charge on any atom is -0.356 e. The summed E-state index contributed by atoms with van der Waals surface area (Å²) in [6.07, 6.45) is 6.83. The van der Waals surface area contributed by atoms with Gasteiger partial charge in [0.2, 0.25) is 0 Å². The Morgan fingerprint density at radius 1 is 1.48 bits per heavy atom. The Labute approximate surface area is 147 Å². The van der Waals surface area contributed by atoms with Gasteiger partial charge in [-0.1, -0.05) is 0 Å². The highest BCUT2D eigenvalue weighted by molar-refractivity contribution is 14.0. The smallest absolute Gasteiger partial charge is 0.191 e. The monoisotopic (exact) mass is 421 g/mol. The molecule has 1 aliphatic heterocycles. The number of nitrogens with zero attached hydrogens (tertiary/aromatic N) is 3. The Bertz CT molecular complexity index is 446. The minimum atomic E-state index is 0. The quantitative estimate of drug-likeness (QED) is 0.432. The van der Waals surface area contributed by atoms with E-state index in [0.29, 0.717) is 6.04 Å². The van der Waals surface area contributed by atoms with Crippen molar-refractivity contribution in [3.63, 3.8) is 0 Å². The van der Waals surface area contributed by atoms with E-state index in [1.807, 2.05) is 18.6 Å². The fourth-order valence-electron chi connectivity index (χ4n) is 2.73. The lowest BCUT2D eigenvalue weighted by atomic mass is 10.3. The van der Waals surface area contributed by atoms with Crippen LogP contribution in [0, 0.1) is 0 Å². The Hall–Kier alpha value is -0.410. The van der Waals surface area contributed by atoms with Crippen LogP contribution >= 0.6 is 35.3 Å². The van der Waals surface area contributed by atoms with Gasteiger partial charge in [-0.15, -0.1) is 35.3 Å². The summed E-state index contributed by atoms with van der Waals surface area (Å²) in [5.74, 6) is 0.921. The Morgan fingerprint density at radius 3 is 3.00 bits per heavy atom. The molecule has 0 spiro atoms. The molecule has 1 aromatic rings. The molecule has 0 bridgehead atoms. The van der Waals surface area contributed by atoms with Gasteiger partial charge in [0, 0.05) is 56.8 Å². The molecule has 5 nitrogen and oxygen atoms in total. The number of nitrogens with one attached hydrogen (secondary N) is 2. The fraction of sp³-hybridized carbons (Fsp3) is 0.714. The largest absolute Gasteiger partial charge is 0.356 e. The summed E-state index contributed by atoms with van der Waals surface area (Å²) < 4.78 is 0. The maximum absolute atomic E-state index is 4.31. The van der Waals surface area contributed by atoms with Crippen LogP contribution in [-0.4, -0.2) is 54.6 Å². The standard InChI is InChI=1S/C14H23N5S.HI/c1-15-14(17-6-4-13-16-7-9-20-13)18-11-5-8-19(10-11)12-2-3-12;/h7,9,11-12H,2-6,8,10H2,1H3,(H2,15,17,18);1H. The van der Waals surface area contributed by atoms with E-state index >= 15 is 0 Å². The van der Waals surface area contributed by atoms with Crippen LogP contribution in [0.1, 0.15) is 24.3 Å². The van der Waals surface area contributed by atoms with E-state index in [4.69, 9.17) is 0 Å². The molecular weight excluding hydrogens is 397 g/mol. The highest BCUT2D eigenvalue weighted by Gasteiger charge is 2.34. The number of halogens is 1. The zero-order valence-corrected chi connectivity index (χ0v) is 15.6. The van der Waals surface area contributed by atoms with E-state index in [9.17, 15) is 0 Å². The first-order valence-corrected chi connectivity index (χ1v) is 8.32. The normalized spacial score (nSPS) is 22.9. The molecule has 1 saturated carbocycles. The molecule has 1 aliphatic carbocycles. The van der Waals surface area contributed by atoms with Crippen molar-refractivity contribution in [3.05, 3.63) is 16.6 Å². The van der Waals surface area contributed by atoms with Crippen molar-refractivity contribution < 1.29 is 0 Å². The molecule has 7 heteroatoms. The Morgan fingerprint density at radius 2 is 2.33 bits per heavy atom. The predicted molar refractivity (Wildman–Crippen MR) is 98.7 cm³/mol. The summed E-state index contributed by atoms with van der Waals surface area (Å²) in [6, 6.07) is 1.42. The molecule has 1 unspecified atom stereocenters. The summed E-state index contributed by atoms with van der Waals surface area (Å²) in [4.78, 5) is 11.2. The van der Waals surface area contributed by atoms with Crippen molar-refractivity contribution in [2.75, 3.05) is 26.7 Å². The molecule has 2 N–H and O–H groups in total. The van der Waals surface area contributed by atoms with Crippen LogP contribution in [0.2, 0.25) is 0 Å². The van der Waals surface area contributed by atoms with Crippen LogP contribution in [-0.2, 0) is 6.42 Å². The molecule has 1 atom stereocenters. The van der Waals surface area contributed by atoms with E-state index in [1.165, 1.54) is 30.8 Å². The fourth-order valence-corrected chi connectivity index (χ4v) is 3.35. The van der Waals surface area contributed by atoms with Crippen LogP contribution < -0.4 is 10.6 Å². The van der Waals surface area contributed by atoms with Gasteiger partial charge in [0.1, 0.15) is 0 Å². The molecule has 0 amide bonds. The summed E-state index contributed by atoms with van der Waals surface area (Å²) >= 11 is 1.71. The molecular formula is C14H24IN5S. The highest BCUT2D eigenvalue weighted by Crippen LogP contribution is 2.29. The van der Waals surface area contributed by atoms with Crippen molar-refractivity contribution in [1.29, 1.82) is 0 Å². The molecule has 3 rings (SSSR count). The molecule has 21 heavy (non-hydrogen) atoms. The zero-order valence-electron chi connectivity index (χ0n) is 12.4. The van der Waals surface area contributed by atoms with Gasteiger partial charge in [-0.05, 0) is 19.3 Å². The van der Waals surface area contributed by atoms with Gasteiger partial charge >= 0.3 is 0 Å². The van der Waals surface area contributed by atoms with E-state index in [-0.39, 0.29) is 24.0 Å². The zero-order chi connectivity index (χ0) is 13.8. The number of likely N-dealkylation sites (tertiary alicyclic amines) is 1. The average molecular weight is 421 g/mol. The van der Waals surface area contributed by atoms with Gasteiger partial charge in [0.25, 0.3) is 0 Å². The van der Waals surface area contributed by atoms with E-state index in [0.717, 1.165) is 31.5 Å². The third kappa shape index (κ3) is 5.07. The molecule has 118 valence electrons. The number of hydrogen-bond acceptors (Lipinski definition) is 4. The Balaban J connectivity index is 0.00000161. The minimum absolute atomic E-state index is 0. The lowest BCUT2D eigenvalue weighted by molar-refractivity contribution is 0.321. The number of hydrogen-bond donors (Lipinski definition) is 2. The summed E-state index contributed by atoms with van der Waals surface area (Å²) in [7, 11) is 1.84. The number of rotatable bonds is 5. The van der Waals surface area contributed by atoms with Gasteiger partial charge in [0.15, 0.2) is 5.96 Å². The van der Waals surface area contributed by atoms with Gasteiger partial charge in [-0.3, -0.25) is 9.89 Å². The third-order valence-electron chi connectivity index (χ3n) is 3.96. The molecule has 0 aromatic carbocycles. The van der Waals surface area contributed by atoms with Crippen molar-refractivity contribution in [3.8, 4) is 0 Å². The number of thiazole rings is 1. The first kappa shape index (κ1) is 17.0. The highest BCUT2D eigenvalue weighted by atomic mass is 127. The van der Waals surface area contributed by atoms with E-state index < -0.39 is 0 Å². The molecule has 1 aromatic heterocycles. The van der Waals surface area contributed by atoms with Gasteiger partial charge < -0.3 is 10.6 Å². The van der Waals surface area contributed by atoms with Crippen molar-refractivity contribution in [2.24, 2.45) is 4.99 Å². The van der Waals surface area contributed by atoms with Crippen molar-refractivity contribution in [2.45, 2.75) is 37.8 Å². The summed E-state index contributed by atoms with van der Waals surface area (Å²) in [6.45, 7) is 3.28. The second kappa shape index (κ2) is 8.28.